The highest BCUT2D eigenvalue weighted by molar-refractivity contribution is 5.98. The monoisotopic (exact) mass is 331 g/mol. The Balaban J connectivity index is 1.50. The van der Waals surface area contributed by atoms with Gasteiger partial charge in [0, 0.05) is 19.5 Å². The molecule has 0 aromatic carbocycles. The Labute approximate surface area is 141 Å². The fourth-order valence-corrected chi connectivity index (χ4v) is 3.97. The van der Waals surface area contributed by atoms with Gasteiger partial charge in [-0.15, -0.1) is 0 Å². The topological polar surface area (TPSA) is 80.1 Å². The number of nitrogens with one attached hydrogen (secondary N) is 1. The van der Waals surface area contributed by atoms with E-state index in [-0.39, 0.29) is 24.4 Å². The Bertz CT molecular complexity index is 645. The van der Waals surface area contributed by atoms with Crippen LogP contribution in [-0.4, -0.2) is 38.1 Å². The van der Waals surface area contributed by atoms with Crippen molar-refractivity contribution < 1.29 is 9.59 Å². The molecule has 1 saturated heterocycles. The summed E-state index contributed by atoms with van der Waals surface area (Å²) in [5.74, 6) is 2.27. The van der Waals surface area contributed by atoms with Gasteiger partial charge in [-0.3, -0.25) is 14.4 Å². The molecule has 2 aliphatic carbocycles. The molecule has 4 rings (SSSR count). The number of rotatable bonds is 4. The summed E-state index contributed by atoms with van der Waals surface area (Å²) in [6.07, 6.45) is 8.10. The molecule has 0 spiro atoms. The molecule has 1 N–H and O–H groups in total. The molecule has 3 amide bonds. The Morgan fingerprint density at radius 3 is 2.58 bits per heavy atom. The van der Waals surface area contributed by atoms with E-state index in [9.17, 15) is 9.59 Å². The highest BCUT2D eigenvalue weighted by Gasteiger charge is 2.39. The minimum absolute atomic E-state index is 0.0402. The number of hydrogen-bond donors (Lipinski definition) is 1. The number of amides is 3. The zero-order valence-corrected chi connectivity index (χ0v) is 14.2. The van der Waals surface area contributed by atoms with E-state index in [1.54, 1.807) is 4.68 Å². The van der Waals surface area contributed by atoms with Gasteiger partial charge in [0.1, 0.15) is 5.82 Å². The van der Waals surface area contributed by atoms with Crippen molar-refractivity contribution in [3.63, 3.8) is 0 Å². The lowest BCUT2D eigenvalue weighted by Gasteiger charge is -2.36. The van der Waals surface area contributed by atoms with E-state index in [0.717, 1.165) is 31.5 Å². The fourth-order valence-electron chi connectivity index (χ4n) is 3.97. The zero-order chi connectivity index (χ0) is 16.7. The van der Waals surface area contributed by atoms with Gasteiger partial charge in [-0.05, 0) is 31.6 Å². The second kappa shape index (κ2) is 6.18. The van der Waals surface area contributed by atoms with E-state index in [1.807, 2.05) is 7.05 Å². The summed E-state index contributed by atoms with van der Waals surface area (Å²) in [7, 11) is 1.83. The maximum atomic E-state index is 12.9. The van der Waals surface area contributed by atoms with Gasteiger partial charge >= 0.3 is 6.03 Å². The quantitative estimate of drug-likeness (QED) is 0.914. The Morgan fingerprint density at radius 2 is 1.88 bits per heavy atom. The molecule has 2 saturated carbocycles. The predicted molar refractivity (Wildman–Crippen MR) is 87.0 cm³/mol. The standard InChI is InChI=1S/C17H25N5O2/c1-21-14(19-15(20-21)12-7-8-12)10-22-16(23)13(9-18-17(22)24)11-5-3-2-4-6-11/h11-13H,2-10H2,1H3,(H,18,24). The maximum Gasteiger partial charge on any atom is 0.324 e. The van der Waals surface area contributed by atoms with Crippen molar-refractivity contribution in [3.8, 4) is 0 Å². The van der Waals surface area contributed by atoms with Gasteiger partial charge in [-0.25, -0.2) is 9.78 Å². The van der Waals surface area contributed by atoms with Crippen LogP contribution in [-0.2, 0) is 18.4 Å². The normalized spacial score (nSPS) is 25.9. The summed E-state index contributed by atoms with van der Waals surface area (Å²) in [6, 6.07) is -0.303. The molecule has 1 atom stereocenters. The smallest absolute Gasteiger partial charge is 0.324 e. The number of aryl methyl sites for hydroxylation is 1. The molecule has 3 fully saturated rings. The van der Waals surface area contributed by atoms with Crippen molar-refractivity contribution in [2.24, 2.45) is 18.9 Å². The Morgan fingerprint density at radius 1 is 1.12 bits per heavy atom. The van der Waals surface area contributed by atoms with Crippen LogP contribution in [0.15, 0.2) is 0 Å². The summed E-state index contributed by atoms with van der Waals surface area (Å²) >= 11 is 0. The average molecular weight is 331 g/mol. The van der Waals surface area contributed by atoms with Gasteiger partial charge < -0.3 is 5.32 Å². The summed E-state index contributed by atoms with van der Waals surface area (Å²) in [5.41, 5.74) is 0. The SMILES string of the molecule is Cn1nc(C2CC2)nc1CN1C(=O)NCC(C2CCCCC2)C1=O. The number of urea groups is 1. The zero-order valence-electron chi connectivity index (χ0n) is 14.2. The molecule has 1 unspecified atom stereocenters. The van der Waals surface area contributed by atoms with Crippen LogP contribution in [0.2, 0.25) is 0 Å². The molecule has 0 bridgehead atoms. The summed E-state index contributed by atoms with van der Waals surface area (Å²) in [5, 5.41) is 7.33. The summed E-state index contributed by atoms with van der Waals surface area (Å²) in [6.45, 7) is 0.690. The molecule has 3 aliphatic rings. The van der Waals surface area contributed by atoms with Crippen LogP contribution >= 0.6 is 0 Å². The highest BCUT2D eigenvalue weighted by Crippen LogP contribution is 2.38. The third-order valence-corrected chi connectivity index (χ3v) is 5.63. The second-order valence-corrected chi connectivity index (χ2v) is 7.40. The molecule has 7 heteroatoms. The number of carbonyl (C=O) groups excluding carboxylic acids is 2. The van der Waals surface area contributed by atoms with Crippen molar-refractivity contribution >= 4 is 11.9 Å². The third-order valence-electron chi connectivity index (χ3n) is 5.63. The van der Waals surface area contributed by atoms with Crippen LogP contribution in [0.1, 0.15) is 62.5 Å². The van der Waals surface area contributed by atoms with E-state index in [1.165, 1.54) is 24.2 Å². The molecule has 24 heavy (non-hydrogen) atoms. The lowest BCUT2D eigenvalue weighted by molar-refractivity contribution is -0.136. The molecule has 0 radical (unpaired) electrons. The molecule has 7 nitrogen and oxygen atoms in total. The molecule has 1 aliphatic heterocycles. The van der Waals surface area contributed by atoms with E-state index in [4.69, 9.17) is 0 Å². The minimum Gasteiger partial charge on any atom is -0.337 e. The van der Waals surface area contributed by atoms with Gasteiger partial charge in [0.15, 0.2) is 5.82 Å². The van der Waals surface area contributed by atoms with Crippen molar-refractivity contribution in [2.75, 3.05) is 6.54 Å². The van der Waals surface area contributed by atoms with Gasteiger partial charge in [-0.1, -0.05) is 19.3 Å². The van der Waals surface area contributed by atoms with Crippen LogP contribution in [0.4, 0.5) is 4.79 Å². The Hall–Kier alpha value is -1.92. The first-order valence-corrected chi connectivity index (χ1v) is 9.12. The summed E-state index contributed by atoms with van der Waals surface area (Å²) in [4.78, 5) is 31.0. The van der Waals surface area contributed by atoms with Crippen LogP contribution < -0.4 is 5.32 Å². The molecular weight excluding hydrogens is 306 g/mol. The van der Waals surface area contributed by atoms with Crippen LogP contribution in [0.25, 0.3) is 0 Å². The average Bonchev–Trinajstić information content (AvgIpc) is 3.37. The maximum absolute atomic E-state index is 12.9. The van der Waals surface area contributed by atoms with E-state index in [0.29, 0.717) is 24.2 Å². The van der Waals surface area contributed by atoms with Gasteiger partial charge in [-0.2, -0.15) is 5.10 Å². The van der Waals surface area contributed by atoms with Gasteiger partial charge in [0.2, 0.25) is 5.91 Å². The molecule has 130 valence electrons. The third kappa shape index (κ3) is 2.91. The number of nitrogens with zero attached hydrogens (tertiary/aromatic N) is 4. The number of hydrogen-bond acceptors (Lipinski definition) is 4. The first kappa shape index (κ1) is 15.6. The predicted octanol–water partition coefficient (Wildman–Crippen LogP) is 1.94. The van der Waals surface area contributed by atoms with Gasteiger partial charge in [0.05, 0.1) is 12.5 Å². The van der Waals surface area contributed by atoms with Crippen LogP contribution in [0.3, 0.4) is 0 Å². The molecular formula is C17H25N5O2. The number of aromatic nitrogens is 3. The second-order valence-electron chi connectivity index (χ2n) is 7.40. The van der Waals surface area contributed by atoms with E-state index in [2.05, 4.69) is 15.4 Å². The van der Waals surface area contributed by atoms with E-state index >= 15 is 0 Å². The van der Waals surface area contributed by atoms with Crippen molar-refractivity contribution in [1.82, 2.24) is 25.0 Å². The fraction of sp³-hybridized carbons (Fsp3) is 0.765. The molecule has 1 aromatic rings. The number of carbonyl (C=O) groups is 2. The lowest BCUT2D eigenvalue weighted by atomic mass is 9.78. The number of imide groups is 1. The van der Waals surface area contributed by atoms with Crippen molar-refractivity contribution in [1.29, 1.82) is 0 Å². The van der Waals surface area contributed by atoms with Crippen LogP contribution in [0, 0.1) is 11.8 Å². The Kier molecular flexibility index (Phi) is 4.02. The van der Waals surface area contributed by atoms with Crippen LogP contribution in [0.5, 0.6) is 0 Å². The largest absolute Gasteiger partial charge is 0.337 e. The molecule has 2 heterocycles. The minimum atomic E-state index is -0.303. The van der Waals surface area contributed by atoms with Crippen molar-refractivity contribution in [3.05, 3.63) is 11.6 Å². The first-order chi connectivity index (χ1) is 11.6. The van der Waals surface area contributed by atoms with E-state index < -0.39 is 0 Å². The lowest BCUT2D eigenvalue weighted by Crippen LogP contribution is -2.56. The highest BCUT2D eigenvalue weighted by atomic mass is 16.2. The summed E-state index contributed by atoms with van der Waals surface area (Å²) < 4.78 is 1.71. The van der Waals surface area contributed by atoms with Gasteiger partial charge in [0.25, 0.3) is 0 Å². The molecule has 1 aromatic heterocycles. The first-order valence-electron chi connectivity index (χ1n) is 9.12. The van der Waals surface area contributed by atoms with Crippen molar-refractivity contribution in [2.45, 2.75) is 57.4 Å².